The first-order valence-corrected chi connectivity index (χ1v) is 24.5. The van der Waals surface area contributed by atoms with Crippen LogP contribution in [-0.4, -0.2) is 121 Å². The molecule has 2 aliphatic carbocycles. The Bertz CT molecular complexity index is 1930. The number of carbonyl (C=O) groups is 1. The van der Waals surface area contributed by atoms with Crippen molar-refractivity contribution < 1.29 is 66.7 Å². The Hall–Kier alpha value is -3.23. The van der Waals surface area contributed by atoms with Crippen molar-refractivity contribution in [2.75, 3.05) is 39.6 Å². The number of pyridine rings is 2. The number of aryl methyl sites for hydroxylation is 1. The molecule has 16 nitrogen and oxygen atoms in total. The number of rotatable bonds is 9. The van der Waals surface area contributed by atoms with Crippen LogP contribution >= 0.6 is 15.9 Å². The molecule has 2 aromatic heterocycles. The number of carboxylic acid groups (broad SMARTS) is 1. The summed E-state index contributed by atoms with van der Waals surface area (Å²) in [5, 5.41) is 9.16. The maximum absolute atomic E-state index is 11.2. The van der Waals surface area contributed by atoms with E-state index >= 15 is 0 Å². The molecule has 0 aromatic carbocycles. The van der Waals surface area contributed by atoms with Crippen molar-refractivity contribution in [2.45, 2.75) is 171 Å². The lowest BCUT2D eigenvalue weighted by molar-refractivity contribution is -0.249. The second-order valence-corrected chi connectivity index (χ2v) is 19.9. The molecule has 368 valence electrons. The number of aromatic carboxylic acids is 1. The quantitative estimate of drug-likeness (QED) is 0.235. The molecule has 2 aromatic rings. The molecule has 18 heteroatoms. The van der Waals surface area contributed by atoms with Gasteiger partial charge in [0.2, 0.25) is 0 Å². The highest BCUT2D eigenvalue weighted by molar-refractivity contribution is 9.10. The Labute approximate surface area is 403 Å². The first-order valence-electron chi connectivity index (χ1n) is 23.7. The van der Waals surface area contributed by atoms with Crippen molar-refractivity contribution in [1.82, 2.24) is 9.97 Å². The zero-order chi connectivity index (χ0) is 48.0. The van der Waals surface area contributed by atoms with Gasteiger partial charge in [-0.2, -0.15) is 9.59 Å². The molecule has 5 aliphatic heterocycles. The predicted molar refractivity (Wildman–Crippen MR) is 248 cm³/mol. The van der Waals surface area contributed by atoms with E-state index in [1.54, 1.807) is 18.3 Å². The average molecular weight is 1000 g/mol. The molecular weight excluding hydrogens is 931 g/mol. The summed E-state index contributed by atoms with van der Waals surface area (Å²) in [6.07, 6.45) is 22.0. The number of nitrogens with zero attached hydrogens (tertiary/aromatic N) is 2. The van der Waals surface area contributed by atoms with Crippen LogP contribution in [0.5, 0.6) is 0 Å². The zero-order valence-corrected chi connectivity index (χ0v) is 41.3. The molecule has 1 N–H and O–H groups in total. The van der Waals surface area contributed by atoms with Crippen molar-refractivity contribution in [3.8, 4) is 0 Å². The molecule has 2 spiro atoms. The minimum atomic E-state index is -1.04. The Morgan fingerprint density at radius 2 is 1.19 bits per heavy atom. The van der Waals surface area contributed by atoms with E-state index in [0.29, 0.717) is 26.4 Å². The lowest BCUT2D eigenvalue weighted by Crippen LogP contribution is -2.46. The van der Waals surface area contributed by atoms with Crippen LogP contribution in [0.25, 0.3) is 6.08 Å². The summed E-state index contributed by atoms with van der Waals surface area (Å²) in [5.74, 6) is 0.0971. The van der Waals surface area contributed by atoms with Crippen LogP contribution in [0, 0.1) is 6.92 Å². The van der Waals surface area contributed by atoms with Crippen LogP contribution in [0.2, 0.25) is 0 Å². The summed E-state index contributed by atoms with van der Waals surface area (Å²) in [5.41, 5.74) is 0.299. The molecule has 7 aliphatic rings. The van der Waals surface area contributed by atoms with E-state index in [1.807, 2.05) is 37.2 Å². The fraction of sp³-hybridized carbons (Fsp3) is 0.673. The summed E-state index contributed by atoms with van der Waals surface area (Å²) in [6.45, 7) is 14.4. The minimum absolute atomic E-state index is 0.0306. The highest BCUT2D eigenvalue weighted by Crippen LogP contribution is 2.46. The fourth-order valence-corrected chi connectivity index (χ4v) is 9.56. The molecule has 9 rings (SSSR count). The summed E-state index contributed by atoms with van der Waals surface area (Å²) in [4.78, 5) is 35.3. The third kappa shape index (κ3) is 15.1. The van der Waals surface area contributed by atoms with Gasteiger partial charge in [-0.15, -0.1) is 0 Å². The second kappa shape index (κ2) is 24.1. The van der Waals surface area contributed by atoms with E-state index < -0.39 is 28.7 Å². The first kappa shape index (κ1) is 53.1. The summed E-state index contributed by atoms with van der Waals surface area (Å²) in [7, 11) is -0.368. The summed E-state index contributed by atoms with van der Waals surface area (Å²) >= 11 is 3.32. The number of ether oxygens (including phenoxy) is 8. The number of halogens is 1. The van der Waals surface area contributed by atoms with Crippen molar-refractivity contribution in [1.29, 1.82) is 0 Å². The summed E-state index contributed by atoms with van der Waals surface area (Å²) < 4.78 is 61.6. The van der Waals surface area contributed by atoms with Crippen molar-refractivity contribution in [2.24, 2.45) is 0 Å². The van der Waals surface area contributed by atoms with E-state index in [9.17, 15) is 4.79 Å². The van der Waals surface area contributed by atoms with Crippen LogP contribution < -0.4 is 0 Å². The summed E-state index contributed by atoms with van der Waals surface area (Å²) in [6, 6.07) is 7.24. The maximum Gasteiger partial charge on any atom is 0.486 e. The molecule has 7 fully saturated rings. The monoisotopic (exact) mass is 998 g/mol. The number of hydrogen-bond donors (Lipinski definition) is 1. The van der Waals surface area contributed by atoms with Crippen LogP contribution in [0.15, 0.2) is 59.3 Å². The molecule has 0 amide bonds. The normalized spacial score (nSPS) is 27.9. The zero-order valence-electron chi connectivity index (χ0n) is 39.7. The molecule has 2 atom stereocenters. The van der Waals surface area contributed by atoms with Gasteiger partial charge < -0.3 is 52.3 Å². The average Bonchev–Trinajstić information content (AvgIpc) is 4.03. The minimum Gasteiger partial charge on any atom is -0.477 e. The lowest BCUT2D eigenvalue weighted by Gasteiger charge is -2.44. The molecule has 0 bridgehead atoms. The van der Waals surface area contributed by atoms with Gasteiger partial charge in [-0.3, -0.25) is 4.98 Å². The molecule has 2 unspecified atom stereocenters. The van der Waals surface area contributed by atoms with Gasteiger partial charge in [0.05, 0.1) is 48.8 Å². The van der Waals surface area contributed by atoms with Gasteiger partial charge in [0.25, 0.3) is 0 Å². The largest absolute Gasteiger partial charge is 0.486 e. The smallest absolute Gasteiger partial charge is 0.477 e. The third-order valence-corrected chi connectivity index (χ3v) is 14.1. The van der Waals surface area contributed by atoms with E-state index in [1.165, 1.54) is 6.20 Å². The van der Waals surface area contributed by atoms with Gasteiger partial charge in [0, 0.05) is 61.5 Å². The van der Waals surface area contributed by atoms with Gasteiger partial charge in [0.15, 0.2) is 24.2 Å². The fourth-order valence-electron chi connectivity index (χ4n) is 9.11. The molecule has 67 heavy (non-hydrogen) atoms. The number of carboxylic acids is 1. The number of carbonyl (C=O) groups excluding carboxylic acids is 2. The first-order chi connectivity index (χ1) is 32.0. The lowest BCUT2D eigenvalue weighted by atomic mass is 9.77. The number of aromatic nitrogens is 2. The van der Waals surface area contributed by atoms with Crippen molar-refractivity contribution >= 4 is 41.2 Å². The molecule has 2 saturated carbocycles. The number of hydrogen-bond acceptors (Lipinski definition) is 15. The Morgan fingerprint density at radius 1 is 0.716 bits per heavy atom. The highest BCUT2D eigenvalue weighted by Gasteiger charge is 2.52. The van der Waals surface area contributed by atoms with E-state index in [0.717, 1.165) is 119 Å². The standard InChI is InChI=1S/C21H35BO6.C21H27NO6.C6H6BrN.CO2/c1-18(2)19(3,4)28-22(27-18)13-12-20(26-17-7-5-6-14-23-17)8-10-21(11-9-20)24-15-16-25-21;23-19(24)17-15-16(5-11-22-17)4-6-20(28-18-3-1-2-12-25-18)7-9-21(10-8-20)26-13-14-27-21;1-5-4-6(7)2-3-8-5;2-1-3/h12-13,17H,5-11,14-16H2,1-4H3;4-6,11,15,18H,1-3,7-10,12-14H2,(H,23,24);2-4H,1H3;/b13-12+;6-4+;;. The van der Waals surface area contributed by atoms with Gasteiger partial charge >= 0.3 is 19.2 Å². The topological polar surface area (TPSA) is 190 Å². The van der Waals surface area contributed by atoms with Crippen LogP contribution in [0.4, 0.5) is 0 Å². The van der Waals surface area contributed by atoms with Gasteiger partial charge in [-0.05, 0) is 129 Å². The van der Waals surface area contributed by atoms with Crippen molar-refractivity contribution in [3.05, 3.63) is 76.2 Å². The van der Waals surface area contributed by atoms with Gasteiger partial charge in [-0.1, -0.05) is 40.1 Å². The molecular formula is C49H68BBrN2O14. The molecule has 7 heterocycles. The second-order valence-electron chi connectivity index (χ2n) is 19.0. The third-order valence-electron chi connectivity index (χ3n) is 13.6. The Kier molecular flexibility index (Phi) is 19.1. The SMILES string of the molecule is CC1(C)OB(/C=C/C2(OC3CCCCO3)CCC3(CC2)OCCO3)OC1(C)C.Cc1cc(Br)ccn1.O=C(O)c1cc(/C=C/C2(OC3CCCCO3)CCC3(CC2)OCCO3)ccn1.O=C=O. The van der Waals surface area contributed by atoms with Crippen LogP contribution in [-0.2, 0) is 56.8 Å². The van der Waals surface area contributed by atoms with E-state index in [2.05, 4.69) is 59.7 Å². The highest BCUT2D eigenvalue weighted by atomic mass is 79.9. The van der Waals surface area contributed by atoms with Crippen LogP contribution in [0.1, 0.15) is 139 Å². The predicted octanol–water partition coefficient (Wildman–Crippen LogP) is 8.73. The van der Waals surface area contributed by atoms with Crippen LogP contribution in [0.3, 0.4) is 0 Å². The van der Waals surface area contributed by atoms with E-state index in [-0.39, 0.29) is 42.7 Å². The Balaban J connectivity index is 0.000000181. The Morgan fingerprint density at radius 3 is 1.61 bits per heavy atom. The van der Waals surface area contributed by atoms with Gasteiger partial charge in [0.1, 0.15) is 5.69 Å². The molecule has 5 saturated heterocycles. The van der Waals surface area contributed by atoms with E-state index in [4.69, 9.17) is 61.9 Å². The van der Waals surface area contributed by atoms with Crippen molar-refractivity contribution in [3.63, 3.8) is 0 Å². The van der Waals surface area contributed by atoms with Gasteiger partial charge in [-0.25, -0.2) is 9.78 Å². The maximum atomic E-state index is 11.2. The molecule has 0 radical (unpaired) electrons.